The molecule has 0 bridgehead atoms. The maximum Gasteiger partial charge on any atom is 0.350 e. The number of carbonyl (C=O) groups excluding carboxylic acids is 3. The zero-order chi connectivity index (χ0) is 25.4. The molecule has 35 heavy (non-hydrogen) atoms. The number of nitrogens with zero attached hydrogens (tertiary/aromatic N) is 2. The number of aliphatic hydroxyl groups is 1. The molecule has 0 radical (unpaired) electrons. The number of anilines is 1. The first kappa shape index (κ1) is 24.3. The van der Waals surface area contributed by atoms with E-state index in [1.54, 1.807) is 26.0 Å². The number of methoxy groups -OCH3 is 1. The van der Waals surface area contributed by atoms with Crippen LogP contribution in [-0.4, -0.2) is 34.9 Å². The molecule has 1 aliphatic rings. The van der Waals surface area contributed by atoms with Gasteiger partial charge in [-0.3, -0.25) is 14.5 Å². The van der Waals surface area contributed by atoms with Crippen LogP contribution < -0.4 is 4.90 Å². The summed E-state index contributed by atoms with van der Waals surface area (Å²) in [6, 6.07) is 10.3. The summed E-state index contributed by atoms with van der Waals surface area (Å²) in [6.45, 7) is 5.18. The first-order chi connectivity index (χ1) is 16.7. The maximum absolute atomic E-state index is 14.3. The molecule has 0 saturated carbocycles. The molecular formula is C26H23FN2O5S. The molecule has 9 heteroatoms. The number of hydrogen-bond acceptors (Lipinski definition) is 7. The van der Waals surface area contributed by atoms with E-state index in [0.717, 1.165) is 29.4 Å². The fourth-order valence-electron chi connectivity index (χ4n) is 3.94. The van der Waals surface area contributed by atoms with Gasteiger partial charge in [-0.1, -0.05) is 54.7 Å². The number of aryl methyl sites for hydroxylation is 3. The summed E-state index contributed by atoms with van der Waals surface area (Å²) in [5.74, 6) is -3.49. The third kappa shape index (κ3) is 4.23. The molecule has 1 atom stereocenters. The molecule has 2 aromatic carbocycles. The summed E-state index contributed by atoms with van der Waals surface area (Å²) >= 11 is 0.918. The van der Waals surface area contributed by atoms with Crippen LogP contribution in [0.4, 0.5) is 9.52 Å². The van der Waals surface area contributed by atoms with Gasteiger partial charge in [0.1, 0.15) is 16.5 Å². The highest BCUT2D eigenvalue weighted by Gasteiger charge is 2.48. The van der Waals surface area contributed by atoms with Gasteiger partial charge >= 0.3 is 11.9 Å². The van der Waals surface area contributed by atoms with Gasteiger partial charge in [0.25, 0.3) is 5.78 Å². The van der Waals surface area contributed by atoms with E-state index in [1.807, 2.05) is 19.1 Å². The van der Waals surface area contributed by atoms with Crippen molar-refractivity contribution in [2.24, 2.45) is 0 Å². The van der Waals surface area contributed by atoms with Crippen molar-refractivity contribution in [3.05, 3.63) is 86.7 Å². The predicted octanol–water partition coefficient (Wildman–Crippen LogP) is 4.87. The fourth-order valence-corrected chi connectivity index (χ4v) is 4.96. The fraction of sp³-hybridized carbons (Fsp3) is 0.231. The van der Waals surface area contributed by atoms with Gasteiger partial charge in [0.05, 0.1) is 24.4 Å². The van der Waals surface area contributed by atoms with Gasteiger partial charge in [0.15, 0.2) is 5.13 Å². The van der Waals surface area contributed by atoms with Crippen molar-refractivity contribution in [2.45, 2.75) is 33.2 Å². The number of Topliss-reactive ketones (excluding diaryl/α,β-unsaturated/α-hetero) is 1. The minimum atomic E-state index is -1.03. The number of ether oxygens (including phenoxy) is 1. The molecule has 1 N–H and O–H groups in total. The minimum absolute atomic E-state index is 0.0758. The van der Waals surface area contributed by atoms with Crippen LogP contribution in [0.5, 0.6) is 0 Å². The number of hydrogen-bond donors (Lipinski definition) is 1. The van der Waals surface area contributed by atoms with E-state index < -0.39 is 35.3 Å². The largest absolute Gasteiger partial charge is 0.507 e. The Kier molecular flexibility index (Phi) is 6.53. The maximum atomic E-state index is 14.3. The van der Waals surface area contributed by atoms with Crippen molar-refractivity contribution in [3.8, 4) is 0 Å². The van der Waals surface area contributed by atoms with Crippen molar-refractivity contribution >= 4 is 39.9 Å². The quantitative estimate of drug-likeness (QED) is 0.235. The third-order valence-corrected chi connectivity index (χ3v) is 7.09. The Morgan fingerprint density at radius 1 is 1.17 bits per heavy atom. The molecule has 4 rings (SSSR count). The topological polar surface area (TPSA) is 96.8 Å². The number of carbonyl (C=O) groups is 3. The van der Waals surface area contributed by atoms with E-state index in [0.29, 0.717) is 16.8 Å². The zero-order valence-corrected chi connectivity index (χ0v) is 20.4. The zero-order valence-electron chi connectivity index (χ0n) is 19.6. The number of halogens is 1. The molecule has 180 valence electrons. The lowest BCUT2D eigenvalue weighted by Gasteiger charge is -2.23. The van der Waals surface area contributed by atoms with Crippen LogP contribution in [-0.2, 0) is 20.7 Å². The monoisotopic (exact) mass is 494 g/mol. The number of aromatic nitrogens is 1. The Labute approximate surface area is 205 Å². The Hall–Kier alpha value is -3.85. The average molecular weight is 495 g/mol. The summed E-state index contributed by atoms with van der Waals surface area (Å²) in [4.78, 5) is 44.3. The Balaban J connectivity index is 1.94. The van der Waals surface area contributed by atoms with Gasteiger partial charge in [-0.25, -0.2) is 14.2 Å². The number of amides is 1. The molecule has 0 aliphatic carbocycles. The lowest BCUT2D eigenvalue weighted by Crippen LogP contribution is -2.29. The number of rotatable bonds is 5. The van der Waals surface area contributed by atoms with Crippen molar-refractivity contribution in [2.75, 3.05) is 12.0 Å². The standard InChI is InChI=1S/C26H23FN2O5S/c1-5-15-7-10-16(11-8-15)20-19(21(30)17-9-6-13(2)18(27)12-17)22(31)24(32)29(20)26-28-14(3)23(35-26)25(33)34-4/h6-12,20,30H,5H2,1-4H3/t20-/m1/s1. The van der Waals surface area contributed by atoms with Gasteiger partial charge in [-0.2, -0.15) is 0 Å². The molecule has 3 aromatic rings. The Bertz CT molecular complexity index is 1380. The van der Waals surface area contributed by atoms with E-state index in [1.165, 1.54) is 24.1 Å². The number of aliphatic hydroxyl groups excluding tert-OH is 1. The molecule has 1 aromatic heterocycles. The highest BCUT2D eigenvalue weighted by atomic mass is 32.1. The molecule has 2 heterocycles. The number of ketones is 1. The second-order valence-corrected chi connectivity index (χ2v) is 9.11. The highest BCUT2D eigenvalue weighted by molar-refractivity contribution is 7.17. The van der Waals surface area contributed by atoms with Crippen LogP contribution in [0.3, 0.4) is 0 Å². The normalized spacial score (nSPS) is 17.2. The first-order valence-electron chi connectivity index (χ1n) is 10.9. The van der Waals surface area contributed by atoms with Crippen LogP contribution >= 0.6 is 11.3 Å². The molecule has 1 fully saturated rings. The van der Waals surface area contributed by atoms with E-state index in [9.17, 15) is 23.9 Å². The van der Waals surface area contributed by atoms with E-state index in [-0.39, 0.29) is 21.1 Å². The second-order valence-electron chi connectivity index (χ2n) is 8.13. The average Bonchev–Trinajstić information content (AvgIpc) is 3.36. The number of esters is 1. The molecule has 1 aliphatic heterocycles. The summed E-state index contributed by atoms with van der Waals surface area (Å²) in [5, 5.41) is 11.2. The SMILES string of the molecule is CCc1ccc([C@@H]2C(=C(O)c3ccc(C)c(F)c3)C(=O)C(=O)N2c2nc(C)c(C(=O)OC)s2)cc1. The third-order valence-electron chi connectivity index (χ3n) is 5.96. The van der Waals surface area contributed by atoms with Gasteiger partial charge in [-0.15, -0.1) is 0 Å². The predicted molar refractivity (Wildman–Crippen MR) is 130 cm³/mol. The van der Waals surface area contributed by atoms with Crippen molar-refractivity contribution in [3.63, 3.8) is 0 Å². The van der Waals surface area contributed by atoms with Crippen LogP contribution in [0, 0.1) is 19.7 Å². The second kappa shape index (κ2) is 9.42. The smallest absolute Gasteiger partial charge is 0.350 e. The van der Waals surface area contributed by atoms with E-state index in [2.05, 4.69) is 4.98 Å². The highest BCUT2D eigenvalue weighted by Crippen LogP contribution is 2.44. The van der Waals surface area contributed by atoms with Crippen LogP contribution in [0.2, 0.25) is 0 Å². The number of thiazole rings is 1. The van der Waals surface area contributed by atoms with Gasteiger partial charge < -0.3 is 9.84 Å². The molecule has 7 nitrogen and oxygen atoms in total. The Morgan fingerprint density at radius 3 is 2.46 bits per heavy atom. The molecule has 1 saturated heterocycles. The van der Waals surface area contributed by atoms with Crippen molar-refractivity contribution in [1.82, 2.24) is 4.98 Å². The summed E-state index contributed by atoms with van der Waals surface area (Å²) < 4.78 is 19.0. The van der Waals surface area contributed by atoms with Gasteiger partial charge in [0, 0.05) is 5.56 Å². The van der Waals surface area contributed by atoms with Gasteiger partial charge in [-0.05, 0) is 43.0 Å². The van der Waals surface area contributed by atoms with E-state index >= 15 is 0 Å². The molecular weight excluding hydrogens is 471 g/mol. The van der Waals surface area contributed by atoms with Crippen molar-refractivity contribution in [1.29, 1.82) is 0 Å². The molecule has 0 unspecified atom stereocenters. The van der Waals surface area contributed by atoms with Crippen molar-refractivity contribution < 1.29 is 28.6 Å². The first-order valence-corrected chi connectivity index (χ1v) is 11.7. The lowest BCUT2D eigenvalue weighted by molar-refractivity contribution is -0.132. The van der Waals surface area contributed by atoms with E-state index in [4.69, 9.17) is 4.74 Å². The van der Waals surface area contributed by atoms with Gasteiger partial charge in [0.2, 0.25) is 0 Å². The Morgan fingerprint density at radius 2 is 1.86 bits per heavy atom. The summed E-state index contributed by atoms with van der Waals surface area (Å²) in [5.41, 5.74) is 2.22. The van der Waals surface area contributed by atoms with Crippen LogP contribution in [0.1, 0.15) is 50.6 Å². The molecule has 1 amide bonds. The van der Waals surface area contributed by atoms with Crippen LogP contribution in [0.25, 0.3) is 5.76 Å². The summed E-state index contributed by atoms with van der Waals surface area (Å²) in [6.07, 6.45) is 0.789. The lowest BCUT2D eigenvalue weighted by atomic mass is 9.94. The molecule has 0 spiro atoms. The number of benzene rings is 2. The minimum Gasteiger partial charge on any atom is -0.507 e. The van der Waals surface area contributed by atoms with Crippen LogP contribution in [0.15, 0.2) is 48.0 Å². The summed E-state index contributed by atoms with van der Waals surface area (Å²) in [7, 11) is 1.24.